The molecule has 1 saturated carbocycles. The van der Waals surface area contributed by atoms with E-state index in [-0.39, 0.29) is 17.0 Å². The van der Waals surface area contributed by atoms with Crippen LogP contribution in [0.15, 0.2) is 23.4 Å². The van der Waals surface area contributed by atoms with Crippen LogP contribution in [0.3, 0.4) is 0 Å². The second-order valence-electron chi connectivity index (χ2n) is 4.33. The number of aromatic amines is 1. The fourth-order valence-corrected chi connectivity index (χ4v) is 3.39. The zero-order valence-electron chi connectivity index (χ0n) is 9.39. The van der Waals surface area contributed by atoms with Crippen molar-refractivity contribution in [1.82, 2.24) is 9.71 Å². The second kappa shape index (κ2) is 4.90. The molecular formula is C11H15N3O2S. The quantitative estimate of drug-likeness (QED) is 0.853. The van der Waals surface area contributed by atoms with Crippen LogP contribution in [0.25, 0.3) is 0 Å². The number of nitrogens with zero attached hydrogens (tertiary/aromatic N) is 1. The molecule has 0 saturated heterocycles. The third-order valence-corrected chi connectivity index (χ3v) is 4.57. The lowest BCUT2D eigenvalue weighted by Gasteiger charge is -2.25. The van der Waals surface area contributed by atoms with Crippen molar-refractivity contribution >= 4 is 10.0 Å². The van der Waals surface area contributed by atoms with E-state index in [0.717, 1.165) is 25.7 Å². The molecule has 1 aromatic rings. The van der Waals surface area contributed by atoms with Crippen LogP contribution in [0.2, 0.25) is 0 Å². The smallest absolute Gasteiger partial charge is 0.256 e. The fraction of sp³-hybridized carbons (Fsp3) is 0.545. The van der Waals surface area contributed by atoms with Crippen LogP contribution in [0.5, 0.6) is 0 Å². The summed E-state index contributed by atoms with van der Waals surface area (Å²) in [6.07, 6.45) is 4.60. The molecule has 92 valence electrons. The lowest BCUT2D eigenvalue weighted by Crippen LogP contribution is -2.37. The number of nitrogens with one attached hydrogen (secondary N) is 2. The minimum absolute atomic E-state index is 0.0482. The number of H-pyrrole nitrogens is 1. The maximum absolute atomic E-state index is 11.9. The van der Waals surface area contributed by atoms with Gasteiger partial charge in [0.2, 0.25) is 0 Å². The van der Waals surface area contributed by atoms with E-state index in [2.05, 4.69) is 15.8 Å². The highest BCUT2D eigenvalue weighted by atomic mass is 32.2. The van der Waals surface area contributed by atoms with Crippen LogP contribution in [-0.2, 0) is 10.0 Å². The molecule has 2 N–H and O–H groups in total. The molecule has 1 fully saturated rings. The van der Waals surface area contributed by atoms with E-state index >= 15 is 0 Å². The highest BCUT2D eigenvalue weighted by Gasteiger charge is 2.25. The normalized spacial score (nSPS) is 25.4. The van der Waals surface area contributed by atoms with Crippen molar-refractivity contribution in [3.63, 3.8) is 0 Å². The van der Waals surface area contributed by atoms with Gasteiger partial charge in [-0.15, -0.1) is 0 Å². The van der Waals surface area contributed by atoms with Crippen molar-refractivity contribution in [3.8, 4) is 6.07 Å². The maximum atomic E-state index is 11.9. The van der Waals surface area contributed by atoms with E-state index in [4.69, 9.17) is 5.26 Å². The fourth-order valence-electron chi connectivity index (χ4n) is 2.10. The van der Waals surface area contributed by atoms with Gasteiger partial charge in [-0.3, -0.25) is 0 Å². The summed E-state index contributed by atoms with van der Waals surface area (Å²) < 4.78 is 26.5. The molecule has 2 rings (SSSR count). The van der Waals surface area contributed by atoms with Gasteiger partial charge in [-0.05, 0) is 37.8 Å². The minimum Gasteiger partial charge on any atom is -0.351 e. The van der Waals surface area contributed by atoms with Crippen LogP contribution in [0.1, 0.15) is 25.7 Å². The number of rotatable bonds is 3. The van der Waals surface area contributed by atoms with Crippen molar-refractivity contribution in [2.75, 3.05) is 0 Å². The van der Waals surface area contributed by atoms with Crippen LogP contribution < -0.4 is 4.72 Å². The van der Waals surface area contributed by atoms with E-state index in [9.17, 15) is 8.42 Å². The Labute approximate surface area is 101 Å². The molecule has 1 heterocycles. The van der Waals surface area contributed by atoms with Crippen molar-refractivity contribution in [2.45, 2.75) is 36.8 Å². The predicted octanol–water partition coefficient (Wildman–Crippen LogP) is 1.38. The number of hydrogen-bond donors (Lipinski definition) is 2. The molecule has 0 aliphatic heterocycles. The van der Waals surface area contributed by atoms with E-state index < -0.39 is 10.0 Å². The molecule has 1 aromatic heterocycles. The number of sulfonamides is 1. The van der Waals surface area contributed by atoms with Gasteiger partial charge in [0.15, 0.2) is 0 Å². The van der Waals surface area contributed by atoms with Crippen LogP contribution >= 0.6 is 0 Å². The monoisotopic (exact) mass is 253 g/mol. The van der Waals surface area contributed by atoms with Gasteiger partial charge in [0, 0.05) is 18.2 Å². The summed E-state index contributed by atoms with van der Waals surface area (Å²) in [6, 6.07) is 5.37. The van der Waals surface area contributed by atoms with Crippen molar-refractivity contribution in [3.05, 3.63) is 18.3 Å². The van der Waals surface area contributed by atoms with Crippen molar-refractivity contribution in [2.24, 2.45) is 5.92 Å². The molecule has 0 bridgehead atoms. The van der Waals surface area contributed by atoms with Gasteiger partial charge in [-0.25, -0.2) is 13.1 Å². The molecule has 0 amide bonds. The molecule has 0 spiro atoms. The summed E-state index contributed by atoms with van der Waals surface area (Å²) in [4.78, 5) is 2.68. The summed E-state index contributed by atoms with van der Waals surface area (Å²) in [5.41, 5.74) is 0. The van der Waals surface area contributed by atoms with Crippen LogP contribution in [-0.4, -0.2) is 19.4 Å². The minimum atomic E-state index is -3.43. The number of nitriles is 1. The second-order valence-corrected chi connectivity index (χ2v) is 6.02. The van der Waals surface area contributed by atoms with Crippen molar-refractivity contribution < 1.29 is 8.42 Å². The molecule has 0 unspecified atom stereocenters. The lowest BCUT2D eigenvalue weighted by atomic mass is 9.88. The third kappa shape index (κ3) is 2.87. The Morgan fingerprint density at radius 3 is 2.59 bits per heavy atom. The summed E-state index contributed by atoms with van der Waals surface area (Å²) >= 11 is 0. The molecule has 17 heavy (non-hydrogen) atoms. The van der Waals surface area contributed by atoms with Gasteiger partial charge in [-0.1, -0.05) is 0 Å². The van der Waals surface area contributed by atoms with Gasteiger partial charge < -0.3 is 4.98 Å². The summed E-state index contributed by atoms with van der Waals surface area (Å²) in [7, 11) is -3.43. The van der Waals surface area contributed by atoms with Gasteiger partial charge >= 0.3 is 0 Å². The molecular weight excluding hydrogens is 238 g/mol. The predicted molar refractivity (Wildman–Crippen MR) is 62.5 cm³/mol. The standard InChI is InChI=1S/C11H15N3O2S/c12-8-9-3-5-10(6-4-9)14-17(15,16)11-2-1-7-13-11/h1-2,7,9-10,13-14H,3-6H2. The summed E-state index contributed by atoms with van der Waals surface area (Å²) in [5, 5.41) is 8.96. The first kappa shape index (κ1) is 12.1. The molecule has 0 atom stereocenters. The van der Waals surface area contributed by atoms with Gasteiger partial charge in [0.1, 0.15) is 5.03 Å². The van der Waals surface area contributed by atoms with Crippen molar-refractivity contribution in [1.29, 1.82) is 5.26 Å². The lowest BCUT2D eigenvalue weighted by molar-refractivity contribution is 0.361. The largest absolute Gasteiger partial charge is 0.351 e. The van der Waals surface area contributed by atoms with Gasteiger partial charge in [-0.2, -0.15) is 5.26 Å². The first-order valence-electron chi connectivity index (χ1n) is 5.67. The Kier molecular flexibility index (Phi) is 3.50. The summed E-state index contributed by atoms with van der Waals surface area (Å²) in [5.74, 6) is 0.0845. The molecule has 0 aromatic carbocycles. The van der Waals surface area contributed by atoms with E-state index in [1.807, 2.05) is 0 Å². The number of hydrogen-bond acceptors (Lipinski definition) is 3. The highest BCUT2D eigenvalue weighted by molar-refractivity contribution is 7.89. The molecule has 1 aliphatic carbocycles. The third-order valence-electron chi connectivity index (χ3n) is 3.09. The Hall–Kier alpha value is -1.32. The van der Waals surface area contributed by atoms with Gasteiger partial charge in [0.05, 0.1) is 6.07 Å². The van der Waals surface area contributed by atoms with E-state index in [1.165, 1.54) is 6.07 Å². The van der Waals surface area contributed by atoms with Crippen LogP contribution in [0, 0.1) is 17.2 Å². The Balaban J connectivity index is 1.97. The van der Waals surface area contributed by atoms with E-state index in [1.54, 1.807) is 12.3 Å². The zero-order valence-corrected chi connectivity index (χ0v) is 10.2. The van der Waals surface area contributed by atoms with Gasteiger partial charge in [0.25, 0.3) is 10.0 Å². The molecule has 1 aliphatic rings. The Morgan fingerprint density at radius 1 is 1.35 bits per heavy atom. The Bertz CT molecular complexity index is 493. The molecule has 0 radical (unpaired) electrons. The maximum Gasteiger partial charge on any atom is 0.256 e. The zero-order chi connectivity index (χ0) is 12.3. The van der Waals surface area contributed by atoms with E-state index in [0.29, 0.717) is 0 Å². The average Bonchev–Trinajstić information content (AvgIpc) is 2.84. The topological polar surface area (TPSA) is 85.8 Å². The number of aromatic nitrogens is 1. The molecule has 6 heteroatoms. The SMILES string of the molecule is N#CC1CCC(NS(=O)(=O)c2ccc[nH]2)CC1. The highest BCUT2D eigenvalue weighted by Crippen LogP contribution is 2.24. The Morgan fingerprint density at radius 2 is 2.06 bits per heavy atom. The average molecular weight is 253 g/mol. The first-order chi connectivity index (χ1) is 8.12. The van der Waals surface area contributed by atoms with Crippen LogP contribution in [0.4, 0.5) is 0 Å². The summed E-state index contributed by atoms with van der Waals surface area (Å²) in [6.45, 7) is 0. The first-order valence-corrected chi connectivity index (χ1v) is 7.15. The molecule has 5 nitrogen and oxygen atoms in total.